The Labute approximate surface area is 398 Å². The van der Waals surface area contributed by atoms with E-state index in [0.717, 1.165) is 0 Å². The van der Waals surface area contributed by atoms with Crippen LogP contribution in [0.2, 0.25) is 0 Å². The minimum absolute atomic E-state index is 0.0436. The number of benzene rings is 4. The lowest BCUT2D eigenvalue weighted by atomic mass is 9.35. The Kier molecular flexibility index (Phi) is 8.94. The van der Waals surface area contributed by atoms with Crippen molar-refractivity contribution in [3.8, 4) is 0 Å². The third-order valence-electron chi connectivity index (χ3n) is 18.9. The third kappa shape index (κ3) is 6.15. The average molecular weight is 881 g/mol. The smallest absolute Gasteiger partial charge is 0.264 e. The fourth-order valence-electron chi connectivity index (χ4n) is 14.0. The molecule has 6 aliphatic rings. The second-order valence-electron chi connectivity index (χ2n) is 27.3. The number of hydrogen-bond donors (Lipinski definition) is 0. The molecule has 0 N–H and O–H groups in total. The van der Waals surface area contributed by atoms with Gasteiger partial charge in [-0.1, -0.05) is 129 Å². The number of fused-ring (bicyclic) bond motifs is 9. The molecular formula is C61H77BN2S. The summed E-state index contributed by atoms with van der Waals surface area (Å²) in [5.41, 5.74) is 24.2. The van der Waals surface area contributed by atoms with E-state index in [1.165, 1.54) is 124 Å². The topological polar surface area (TPSA) is 6.48 Å². The Morgan fingerprint density at radius 1 is 0.415 bits per heavy atom. The normalized spacial score (nSPS) is 23.6. The molecule has 4 aliphatic carbocycles. The molecule has 2 aliphatic heterocycles. The van der Waals surface area contributed by atoms with E-state index in [1.807, 2.05) is 0 Å². The summed E-state index contributed by atoms with van der Waals surface area (Å²) < 4.78 is 1.55. The average Bonchev–Trinajstić information content (AvgIpc) is 3.64. The lowest BCUT2D eigenvalue weighted by molar-refractivity contribution is 0.332. The van der Waals surface area contributed by atoms with Crippen LogP contribution < -0.4 is 25.5 Å². The second-order valence-corrected chi connectivity index (χ2v) is 28.4. The van der Waals surface area contributed by atoms with Crippen LogP contribution in [0.15, 0.2) is 60.7 Å². The van der Waals surface area contributed by atoms with Crippen LogP contribution in [-0.4, -0.2) is 6.71 Å². The molecule has 0 atom stereocenters. The van der Waals surface area contributed by atoms with E-state index in [2.05, 4.69) is 200 Å². The van der Waals surface area contributed by atoms with Crippen LogP contribution in [0.3, 0.4) is 0 Å². The highest BCUT2D eigenvalue weighted by Crippen LogP contribution is 2.58. The summed E-state index contributed by atoms with van der Waals surface area (Å²) in [6, 6.07) is 25.9. The van der Waals surface area contributed by atoms with Gasteiger partial charge in [-0.3, -0.25) is 0 Å². The molecule has 0 saturated heterocycles. The molecule has 0 unspecified atom stereocenters. The van der Waals surface area contributed by atoms with Gasteiger partial charge in [0.15, 0.2) is 0 Å². The Morgan fingerprint density at radius 2 is 0.815 bits per heavy atom. The summed E-state index contributed by atoms with van der Waals surface area (Å²) in [4.78, 5) is 7.16. The first kappa shape index (κ1) is 43.8. The summed E-state index contributed by atoms with van der Waals surface area (Å²) in [5, 5.41) is 0. The maximum Gasteiger partial charge on any atom is 0.264 e. The van der Waals surface area contributed by atoms with Crippen molar-refractivity contribution in [2.24, 2.45) is 0 Å². The molecule has 4 heteroatoms. The van der Waals surface area contributed by atoms with E-state index in [9.17, 15) is 0 Å². The zero-order valence-electron chi connectivity index (χ0n) is 43.3. The molecule has 2 nitrogen and oxygen atoms in total. The van der Waals surface area contributed by atoms with Gasteiger partial charge in [-0.2, -0.15) is 11.3 Å². The molecule has 11 rings (SSSR count). The summed E-state index contributed by atoms with van der Waals surface area (Å²) >= 11 is 2.17. The predicted octanol–water partition coefficient (Wildman–Crippen LogP) is 15.5. The van der Waals surface area contributed by atoms with Crippen LogP contribution in [0.5, 0.6) is 0 Å². The highest BCUT2D eigenvalue weighted by atomic mass is 32.1. The zero-order chi connectivity index (χ0) is 46.6. The van der Waals surface area contributed by atoms with Crippen molar-refractivity contribution in [1.29, 1.82) is 0 Å². The molecule has 0 spiro atoms. The van der Waals surface area contributed by atoms with Crippen LogP contribution in [0.25, 0.3) is 0 Å². The maximum atomic E-state index is 2.81. The predicted molar refractivity (Wildman–Crippen MR) is 284 cm³/mol. The van der Waals surface area contributed by atoms with Crippen LogP contribution in [0.1, 0.15) is 212 Å². The van der Waals surface area contributed by atoms with Gasteiger partial charge in [0.25, 0.3) is 6.71 Å². The molecule has 0 radical (unpaired) electrons. The van der Waals surface area contributed by atoms with Crippen LogP contribution in [0.4, 0.5) is 34.1 Å². The molecular weight excluding hydrogens is 804 g/mol. The molecule has 3 heterocycles. The van der Waals surface area contributed by atoms with Crippen molar-refractivity contribution in [3.05, 3.63) is 110 Å². The van der Waals surface area contributed by atoms with Crippen molar-refractivity contribution < 1.29 is 0 Å². The molecule has 65 heavy (non-hydrogen) atoms. The minimum atomic E-state index is 0.0436. The quantitative estimate of drug-likeness (QED) is 0.160. The lowest BCUT2D eigenvalue weighted by Crippen LogP contribution is -2.61. The first-order valence-electron chi connectivity index (χ1n) is 25.5. The number of nitrogens with zero attached hydrogens (tertiary/aromatic N) is 2. The summed E-state index contributed by atoms with van der Waals surface area (Å²) in [7, 11) is 0. The summed E-state index contributed by atoms with van der Waals surface area (Å²) in [5.74, 6) is 0. The Bertz CT molecular complexity index is 2870. The summed E-state index contributed by atoms with van der Waals surface area (Å²) in [6.45, 7) is 42.6. The molecule has 0 fully saturated rings. The van der Waals surface area contributed by atoms with Gasteiger partial charge < -0.3 is 9.80 Å². The van der Waals surface area contributed by atoms with Crippen molar-refractivity contribution in [2.75, 3.05) is 9.80 Å². The fraction of sp³-hybridized carbons (Fsp3) is 0.541. The molecule has 0 bridgehead atoms. The number of aryl methyl sites for hydroxylation is 1. The van der Waals surface area contributed by atoms with Crippen LogP contribution >= 0.6 is 11.3 Å². The van der Waals surface area contributed by atoms with Gasteiger partial charge in [0.05, 0.1) is 5.69 Å². The standard InChI is InChI=1S/C61H77BN2S/c1-36-30-47-50-48(31-36)64(38-19-21-40-42(33-38)57(8,9)25-23-55(40,4)5)51-49-52(61(16,17)29-28-60(49,14)15)65-53(51)62(50)45-34-43-44(59(12,13)27-26-58(43,10)11)35-46(45)63(47)37-18-20-39-41(32-37)56(6,7)24-22-54(39,2)3/h18-21,30-35H,22-29H2,1-17H3. The zero-order valence-corrected chi connectivity index (χ0v) is 44.1. The van der Waals surface area contributed by atoms with Crippen molar-refractivity contribution >= 4 is 67.9 Å². The largest absolute Gasteiger partial charge is 0.311 e. The highest BCUT2D eigenvalue weighted by molar-refractivity contribution is 7.29. The van der Waals surface area contributed by atoms with E-state index in [0.29, 0.717) is 0 Å². The fourth-order valence-corrected chi connectivity index (χ4v) is 15.7. The molecule has 4 aromatic carbocycles. The van der Waals surface area contributed by atoms with Crippen molar-refractivity contribution in [1.82, 2.24) is 0 Å². The van der Waals surface area contributed by atoms with Crippen molar-refractivity contribution in [3.63, 3.8) is 0 Å². The Morgan fingerprint density at radius 3 is 1.32 bits per heavy atom. The van der Waals surface area contributed by atoms with Gasteiger partial charge in [-0.25, -0.2) is 0 Å². The Hall–Kier alpha value is -3.76. The second kappa shape index (κ2) is 13.3. The first-order valence-corrected chi connectivity index (χ1v) is 26.3. The third-order valence-corrected chi connectivity index (χ3v) is 20.5. The van der Waals surface area contributed by atoms with Crippen LogP contribution in [-0.2, 0) is 43.3 Å². The number of hydrogen-bond acceptors (Lipinski definition) is 3. The van der Waals surface area contributed by atoms with Gasteiger partial charge in [0.2, 0.25) is 0 Å². The van der Waals surface area contributed by atoms with Gasteiger partial charge in [-0.05, 0) is 200 Å². The van der Waals surface area contributed by atoms with Gasteiger partial charge in [-0.15, -0.1) is 0 Å². The van der Waals surface area contributed by atoms with Crippen molar-refractivity contribution in [2.45, 2.75) is 212 Å². The van der Waals surface area contributed by atoms with E-state index in [1.54, 1.807) is 26.3 Å². The van der Waals surface area contributed by atoms with E-state index in [4.69, 9.17) is 0 Å². The summed E-state index contributed by atoms with van der Waals surface area (Å²) in [6.07, 6.45) is 9.66. The van der Waals surface area contributed by atoms with E-state index < -0.39 is 0 Å². The van der Waals surface area contributed by atoms with E-state index >= 15 is 0 Å². The monoisotopic (exact) mass is 881 g/mol. The van der Waals surface area contributed by atoms with Gasteiger partial charge >= 0.3 is 0 Å². The van der Waals surface area contributed by atoms with Gasteiger partial charge in [0, 0.05) is 38.1 Å². The molecule has 0 saturated carbocycles. The van der Waals surface area contributed by atoms with Crippen LogP contribution in [0, 0.1) is 6.92 Å². The molecule has 0 amide bonds. The molecule has 1 aromatic heterocycles. The number of anilines is 6. The Balaban J connectivity index is 1.27. The molecule has 5 aromatic rings. The maximum absolute atomic E-state index is 2.81. The SMILES string of the molecule is Cc1cc2c3c(c1)N(c1ccc4c(c1)C(C)(C)CCC4(C)C)c1c(sc4c1C(C)(C)CCC4(C)C)B3c1cc3c(cc1N2c1ccc2c(c1)C(C)(C)CCC2(C)C)C(C)(C)CCC3(C)C. The van der Waals surface area contributed by atoms with E-state index in [-0.39, 0.29) is 50.0 Å². The first-order chi connectivity index (χ1) is 30.1. The highest BCUT2D eigenvalue weighted by Gasteiger charge is 2.52. The lowest BCUT2D eigenvalue weighted by Gasteiger charge is -2.48. The molecule has 340 valence electrons. The minimum Gasteiger partial charge on any atom is -0.311 e. The number of rotatable bonds is 2. The van der Waals surface area contributed by atoms with Gasteiger partial charge in [0.1, 0.15) is 0 Å². The number of thiophene rings is 1.